The summed E-state index contributed by atoms with van der Waals surface area (Å²) in [6.45, 7) is 0.267. The minimum absolute atomic E-state index is 0.267. The second kappa shape index (κ2) is 4.30. The van der Waals surface area contributed by atoms with E-state index in [0.717, 1.165) is 22.9 Å². The van der Waals surface area contributed by atoms with Crippen LogP contribution in [-0.4, -0.2) is 6.79 Å². The molecule has 3 rings (SSSR count). The number of nitrogens with zero attached hydrogens (tertiary/aromatic N) is 1. The molecule has 4 nitrogen and oxygen atoms in total. The van der Waals surface area contributed by atoms with Gasteiger partial charge < -0.3 is 14.8 Å². The van der Waals surface area contributed by atoms with Crippen LogP contribution < -0.4 is 14.8 Å². The van der Waals surface area contributed by atoms with E-state index in [9.17, 15) is 0 Å². The number of hydrogen-bond acceptors (Lipinski definition) is 4. The van der Waals surface area contributed by atoms with Crippen LogP contribution in [-0.2, 0) is 0 Å². The maximum Gasteiger partial charge on any atom is 0.231 e. The highest BCUT2D eigenvalue weighted by Gasteiger charge is 2.13. The summed E-state index contributed by atoms with van der Waals surface area (Å²) < 4.78 is 10.6. The number of fused-ring (bicyclic) bond motifs is 1. The van der Waals surface area contributed by atoms with E-state index in [1.54, 1.807) is 12.1 Å². The topological polar surface area (TPSA) is 54.3 Å². The third kappa shape index (κ3) is 1.94. The van der Waals surface area contributed by atoms with Gasteiger partial charge in [0.2, 0.25) is 6.79 Å². The zero-order valence-corrected chi connectivity index (χ0v) is 9.51. The second-order valence-electron chi connectivity index (χ2n) is 3.89. The van der Waals surface area contributed by atoms with Gasteiger partial charge in [-0.2, -0.15) is 5.26 Å². The Morgan fingerprint density at radius 1 is 1.00 bits per heavy atom. The minimum Gasteiger partial charge on any atom is -0.454 e. The molecule has 1 aliphatic heterocycles. The van der Waals surface area contributed by atoms with Crippen LogP contribution in [0.25, 0.3) is 0 Å². The Hall–Kier alpha value is -2.67. The fourth-order valence-corrected chi connectivity index (χ4v) is 1.81. The van der Waals surface area contributed by atoms with Crippen LogP contribution in [0.4, 0.5) is 11.4 Å². The first-order valence-corrected chi connectivity index (χ1v) is 5.52. The highest BCUT2D eigenvalue weighted by molar-refractivity contribution is 5.64. The summed E-state index contributed by atoms with van der Waals surface area (Å²) in [6, 6.07) is 15.1. The van der Waals surface area contributed by atoms with Gasteiger partial charge in [0.05, 0.1) is 11.6 Å². The van der Waals surface area contributed by atoms with Crippen LogP contribution >= 0.6 is 0 Å². The summed E-state index contributed by atoms with van der Waals surface area (Å²) in [5, 5.41) is 12.1. The SMILES string of the molecule is N#Cc1cccc(Nc2ccc3c(c2)OCO3)c1. The van der Waals surface area contributed by atoms with E-state index in [2.05, 4.69) is 11.4 Å². The van der Waals surface area contributed by atoms with Gasteiger partial charge in [0, 0.05) is 17.4 Å². The van der Waals surface area contributed by atoms with Gasteiger partial charge in [-0.15, -0.1) is 0 Å². The zero-order valence-electron chi connectivity index (χ0n) is 9.51. The normalized spacial score (nSPS) is 11.9. The van der Waals surface area contributed by atoms with Crippen molar-refractivity contribution in [1.29, 1.82) is 5.26 Å². The lowest BCUT2D eigenvalue weighted by atomic mass is 10.2. The Balaban J connectivity index is 1.86. The monoisotopic (exact) mass is 238 g/mol. The Labute approximate surface area is 104 Å². The molecule has 1 heterocycles. The molecule has 0 unspecified atom stereocenters. The molecular formula is C14H10N2O2. The largest absolute Gasteiger partial charge is 0.454 e. The van der Waals surface area contributed by atoms with Crippen molar-refractivity contribution >= 4 is 11.4 Å². The standard InChI is InChI=1S/C14H10N2O2/c15-8-10-2-1-3-11(6-10)16-12-4-5-13-14(7-12)18-9-17-13/h1-7,16H,9H2. The number of ether oxygens (including phenoxy) is 2. The molecule has 1 N–H and O–H groups in total. The number of nitrogens with one attached hydrogen (secondary N) is 1. The van der Waals surface area contributed by atoms with Crippen LogP contribution in [0, 0.1) is 11.3 Å². The summed E-state index contributed by atoms with van der Waals surface area (Å²) in [4.78, 5) is 0. The predicted molar refractivity (Wildman–Crippen MR) is 67.0 cm³/mol. The van der Waals surface area contributed by atoms with Gasteiger partial charge in [0.15, 0.2) is 11.5 Å². The third-order valence-corrected chi connectivity index (χ3v) is 2.65. The lowest BCUT2D eigenvalue weighted by molar-refractivity contribution is 0.174. The number of benzene rings is 2. The predicted octanol–water partition coefficient (Wildman–Crippen LogP) is 3.03. The fraction of sp³-hybridized carbons (Fsp3) is 0.0714. The molecule has 0 amide bonds. The molecule has 88 valence electrons. The van der Waals surface area contributed by atoms with Crippen LogP contribution in [0.15, 0.2) is 42.5 Å². The molecule has 0 saturated carbocycles. The van der Waals surface area contributed by atoms with Gasteiger partial charge >= 0.3 is 0 Å². The summed E-state index contributed by atoms with van der Waals surface area (Å²) in [6.07, 6.45) is 0. The van der Waals surface area contributed by atoms with Crippen molar-refractivity contribution in [2.75, 3.05) is 12.1 Å². The summed E-state index contributed by atoms with van der Waals surface area (Å²) in [5.41, 5.74) is 2.39. The van der Waals surface area contributed by atoms with Crippen molar-refractivity contribution in [3.05, 3.63) is 48.0 Å². The minimum atomic E-state index is 0.267. The van der Waals surface area contributed by atoms with Crippen molar-refractivity contribution in [2.45, 2.75) is 0 Å². The average Bonchev–Trinajstić information content (AvgIpc) is 2.86. The van der Waals surface area contributed by atoms with Crippen LogP contribution in [0.5, 0.6) is 11.5 Å². The highest BCUT2D eigenvalue weighted by atomic mass is 16.7. The fourth-order valence-electron chi connectivity index (χ4n) is 1.81. The molecule has 2 aromatic rings. The summed E-state index contributed by atoms with van der Waals surface area (Å²) >= 11 is 0. The number of anilines is 2. The van der Waals surface area contributed by atoms with E-state index in [0.29, 0.717) is 5.56 Å². The van der Waals surface area contributed by atoms with E-state index in [-0.39, 0.29) is 6.79 Å². The average molecular weight is 238 g/mol. The van der Waals surface area contributed by atoms with Gasteiger partial charge in [0.1, 0.15) is 0 Å². The molecule has 18 heavy (non-hydrogen) atoms. The molecule has 0 aliphatic carbocycles. The van der Waals surface area contributed by atoms with E-state index in [1.807, 2.05) is 30.3 Å². The lowest BCUT2D eigenvalue weighted by Gasteiger charge is -2.07. The number of hydrogen-bond donors (Lipinski definition) is 1. The smallest absolute Gasteiger partial charge is 0.231 e. The number of rotatable bonds is 2. The van der Waals surface area contributed by atoms with E-state index < -0.39 is 0 Å². The maximum atomic E-state index is 8.84. The molecule has 0 aromatic heterocycles. The van der Waals surface area contributed by atoms with Gasteiger partial charge in [0.25, 0.3) is 0 Å². The summed E-state index contributed by atoms with van der Waals surface area (Å²) in [5.74, 6) is 1.49. The van der Waals surface area contributed by atoms with Crippen LogP contribution in [0.2, 0.25) is 0 Å². The third-order valence-electron chi connectivity index (χ3n) is 2.65. The van der Waals surface area contributed by atoms with E-state index >= 15 is 0 Å². The van der Waals surface area contributed by atoms with Crippen LogP contribution in [0.1, 0.15) is 5.56 Å². The Kier molecular flexibility index (Phi) is 2.50. The molecule has 0 bridgehead atoms. The molecule has 4 heteroatoms. The summed E-state index contributed by atoms with van der Waals surface area (Å²) in [7, 11) is 0. The molecule has 0 spiro atoms. The Morgan fingerprint density at radius 3 is 2.72 bits per heavy atom. The van der Waals surface area contributed by atoms with Gasteiger partial charge in [-0.1, -0.05) is 6.07 Å². The first kappa shape index (κ1) is 10.5. The Bertz CT molecular complexity index is 632. The van der Waals surface area contributed by atoms with Gasteiger partial charge in [-0.25, -0.2) is 0 Å². The molecule has 0 atom stereocenters. The van der Waals surface area contributed by atoms with Crippen molar-refractivity contribution in [1.82, 2.24) is 0 Å². The lowest BCUT2D eigenvalue weighted by Crippen LogP contribution is -1.93. The first-order valence-electron chi connectivity index (χ1n) is 5.52. The maximum absolute atomic E-state index is 8.84. The molecule has 0 saturated heterocycles. The molecule has 2 aromatic carbocycles. The van der Waals surface area contributed by atoms with Crippen molar-refractivity contribution in [3.63, 3.8) is 0 Å². The zero-order chi connectivity index (χ0) is 12.4. The van der Waals surface area contributed by atoms with E-state index in [1.165, 1.54) is 0 Å². The quantitative estimate of drug-likeness (QED) is 0.873. The molecule has 0 radical (unpaired) electrons. The molecule has 0 fully saturated rings. The molecular weight excluding hydrogens is 228 g/mol. The number of nitriles is 1. The van der Waals surface area contributed by atoms with Gasteiger partial charge in [-0.05, 0) is 30.3 Å². The van der Waals surface area contributed by atoms with E-state index in [4.69, 9.17) is 14.7 Å². The van der Waals surface area contributed by atoms with Crippen molar-refractivity contribution < 1.29 is 9.47 Å². The van der Waals surface area contributed by atoms with Crippen molar-refractivity contribution in [2.24, 2.45) is 0 Å². The Morgan fingerprint density at radius 2 is 1.83 bits per heavy atom. The molecule has 1 aliphatic rings. The first-order chi connectivity index (χ1) is 8.85. The second-order valence-corrected chi connectivity index (χ2v) is 3.89. The van der Waals surface area contributed by atoms with Crippen LogP contribution in [0.3, 0.4) is 0 Å². The van der Waals surface area contributed by atoms with Gasteiger partial charge in [-0.3, -0.25) is 0 Å². The van der Waals surface area contributed by atoms with Crippen molar-refractivity contribution in [3.8, 4) is 17.6 Å². The highest BCUT2D eigenvalue weighted by Crippen LogP contribution is 2.35.